The number of halogens is 1. The molecule has 0 aliphatic heterocycles. The van der Waals surface area contributed by atoms with Crippen LogP contribution in [0, 0.1) is 0 Å². The number of nitrogens with zero attached hydrogens (tertiary/aromatic N) is 2. The maximum absolute atomic E-state index is 12.0. The molecule has 5 heteroatoms. The van der Waals surface area contributed by atoms with E-state index in [1.807, 2.05) is 54.6 Å². The Bertz CT molecular complexity index is 821. The fourth-order valence-corrected chi connectivity index (χ4v) is 2.49. The summed E-state index contributed by atoms with van der Waals surface area (Å²) in [6.07, 6.45) is 1.22. The van der Waals surface area contributed by atoms with Crippen LogP contribution in [0.5, 0.6) is 0 Å². The van der Waals surface area contributed by atoms with Crippen molar-refractivity contribution in [3.63, 3.8) is 0 Å². The summed E-state index contributed by atoms with van der Waals surface area (Å²) < 4.78 is 0. The predicted octanol–water partition coefficient (Wildman–Crippen LogP) is 3.90. The fraction of sp³-hybridized carbons (Fsp3) is 0.167. The Hall–Kier alpha value is -2.46. The fourth-order valence-electron chi connectivity index (χ4n) is 2.29. The maximum atomic E-state index is 12.0. The lowest BCUT2D eigenvalue weighted by Crippen LogP contribution is -2.15. The number of fused-ring (bicyclic) bond motifs is 1. The number of benzene rings is 2. The Morgan fingerprint density at radius 1 is 0.957 bits per heavy atom. The third kappa shape index (κ3) is 4.05. The second-order valence-corrected chi connectivity index (χ2v) is 5.59. The molecule has 0 saturated carbocycles. The van der Waals surface area contributed by atoms with E-state index in [2.05, 4.69) is 15.3 Å². The summed E-state index contributed by atoms with van der Waals surface area (Å²) in [6.45, 7) is 0.194. The number of aryl methyl sites for hydroxylation is 1. The molecular formula is C18H16ClN3O. The first-order chi connectivity index (χ1) is 11.2. The Morgan fingerprint density at radius 3 is 2.35 bits per heavy atom. The van der Waals surface area contributed by atoms with Gasteiger partial charge in [-0.15, -0.1) is 0 Å². The van der Waals surface area contributed by atoms with E-state index in [9.17, 15) is 4.79 Å². The van der Waals surface area contributed by atoms with Crippen molar-refractivity contribution in [1.82, 2.24) is 9.97 Å². The third-order valence-electron chi connectivity index (χ3n) is 3.52. The highest BCUT2D eigenvalue weighted by Crippen LogP contribution is 2.20. The minimum Gasteiger partial charge on any atom is -0.360 e. The summed E-state index contributed by atoms with van der Waals surface area (Å²) >= 11 is 6.11. The zero-order valence-electron chi connectivity index (χ0n) is 12.5. The summed E-state index contributed by atoms with van der Waals surface area (Å²) in [7, 11) is 0. The van der Waals surface area contributed by atoms with Crippen LogP contribution in [-0.4, -0.2) is 22.3 Å². The number of hydrogen-bond donors (Lipinski definition) is 1. The molecule has 116 valence electrons. The van der Waals surface area contributed by atoms with Crippen molar-refractivity contribution in [2.75, 3.05) is 11.9 Å². The molecule has 1 heterocycles. The standard InChI is InChI=1S/C18H16ClN3O/c19-17-18(22-16-9-5-4-8-15(16)21-17)20-12-14(23)11-10-13-6-2-1-3-7-13/h1-9H,10-12H2,(H,20,22). The van der Waals surface area contributed by atoms with Gasteiger partial charge in [0.15, 0.2) is 16.8 Å². The highest BCUT2D eigenvalue weighted by molar-refractivity contribution is 6.32. The molecule has 3 rings (SSSR count). The summed E-state index contributed by atoms with van der Waals surface area (Å²) in [5.74, 6) is 0.554. The van der Waals surface area contributed by atoms with E-state index in [0.29, 0.717) is 12.2 Å². The quantitative estimate of drug-likeness (QED) is 0.747. The predicted molar refractivity (Wildman–Crippen MR) is 92.8 cm³/mol. The van der Waals surface area contributed by atoms with Gasteiger partial charge in [-0.2, -0.15) is 0 Å². The molecule has 0 atom stereocenters. The van der Waals surface area contributed by atoms with E-state index in [-0.39, 0.29) is 17.5 Å². The highest BCUT2D eigenvalue weighted by atomic mass is 35.5. The Kier molecular flexibility index (Phi) is 4.83. The Balaban J connectivity index is 1.59. The van der Waals surface area contributed by atoms with Crippen LogP contribution in [0.1, 0.15) is 12.0 Å². The van der Waals surface area contributed by atoms with Crippen LogP contribution in [0.4, 0.5) is 5.82 Å². The van der Waals surface area contributed by atoms with Crippen molar-refractivity contribution in [2.24, 2.45) is 0 Å². The molecule has 4 nitrogen and oxygen atoms in total. The first kappa shape index (κ1) is 15.4. The molecule has 0 radical (unpaired) electrons. The molecule has 23 heavy (non-hydrogen) atoms. The van der Waals surface area contributed by atoms with E-state index in [4.69, 9.17) is 11.6 Å². The smallest absolute Gasteiger partial charge is 0.172 e. The summed E-state index contributed by atoms with van der Waals surface area (Å²) in [5.41, 5.74) is 2.64. The molecule has 0 aliphatic carbocycles. The SMILES string of the molecule is O=C(CCc1ccccc1)CNc1nc2ccccc2nc1Cl. The summed E-state index contributed by atoms with van der Waals surface area (Å²) in [6, 6.07) is 17.4. The lowest BCUT2D eigenvalue weighted by molar-refractivity contribution is -0.117. The Labute approximate surface area is 139 Å². The minimum atomic E-state index is 0.111. The Morgan fingerprint density at radius 2 is 1.61 bits per heavy atom. The van der Waals surface area contributed by atoms with Gasteiger partial charge in [-0.1, -0.05) is 54.1 Å². The largest absolute Gasteiger partial charge is 0.360 e. The average molecular weight is 326 g/mol. The van der Waals surface area contributed by atoms with Gasteiger partial charge in [0.25, 0.3) is 0 Å². The molecule has 0 unspecified atom stereocenters. The molecule has 3 aromatic rings. The van der Waals surface area contributed by atoms with E-state index >= 15 is 0 Å². The average Bonchev–Trinajstić information content (AvgIpc) is 2.59. The van der Waals surface area contributed by atoms with Crippen molar-refractivity contribution in [1.29, 1.82) is 0 Å². The first-order valence-electron chi connectivity index (χ1n) is 7.44. The van der Waals surface area contributed by atoms with Gasteiger partial charge >= 0.3 is 0 Å². The lowest BCUT2D eigenvalue weighted by atomic mass is 10.1. The van der Waals surface area contributed by atoms with Crippen LogP contribution in [-0.2, 0) is 11.2 Å². The van der Waals surface area contributed by atoms with E-state index in [1.165, 1.54) is 0 Å². The number of Topliss-reactive ketones (excluding diaryl/α,β-unsaturated/α-hetero) is 1. The van der Waals surface area contributed by atoms with Crippen molar-refractivity contribution in [3.8, 4) is 0 Å². The van der Waals surface area contributed by atoms with Gasteiger partial charge in [0.05, 0.1) is 17.6 Å². The van der Waals surface area contributed by atoms with Gasteiger partial charge in [-0.3, -0.25) is 4.79 Å². The molecule has 2 aromatic carbocycles. The highest BCUT2D eigenvalue weighted by Gasteiger charge is 2.08. The van der Waals surface area contributed by atoms with Crippen LogP contribution in [0.15, 0.2) is 54.6 Å². The second-order valence-electron chi connectivity index (χ2n) is 5.23. The van der Waals surface area contributed by atoms with Crippen molar-refractivity contribution < 1.29 is 4.79 Å². The number of ketones is 1. The van der Waals surface area contributed by atoms with E-state index in [1.54, 1.807) is 0 Å². The van der Waals surface area contributed by atoms with E-state index in [0.717, 1.165) is 23.0 Å². The van der Waals surface area contributed by atoms with Gasteiger partial charge < -0.3 is 5.32 Å². The molecule has 0 bridgehead atoms. The minimum absolute atomic E-state index is 0.111. The van der Waals surface area contributed by atoms with Crippen LogP contribution in [0.2, 0.25) is 5.15 Å². The molecule has 0 aliphatic rings. The van der Waals surface area contributed by atoms with Crippen molar-refractivity contribution in [2.45, 2.75) is 12.8 Å². The zero-order chi connectivity index (χ0) is 16.1. The van der Waals surface area contributed by atoms with Gasteiger partial charge in [0, 0.05) is 6.42 Å². The summed E-state index contributed by atoms with van der Waals surface area (Å²) in [5, 5.41) is 3.26. The number of hydrogen-bond acceptors (Lipinski definition) is 4. The molecular weight excluding hydrogens is 310 g/mol. The molecule has 0 spiro atoms. The summed E-state index contributed by atoms with van der Waals surface area (Å²) in [4.78, 5) is 20.7. The second kappa shape index (κ2) is 7.20. The molecule has 0 amide bonds. The van der Waals surface area contributed by atoms with Crippen LogP contribution < -0.4 is 5.32 Å². The number of anilines is 1. The third-order valence-corrected chi connectivity index (χ3v) is 3.78. The van der Waals surface area contributed by atoms with Gasteiger partial charge in [-0.25, -0.2) is 9.97 Å². The maximum Gasteiger partial charge on any atom is 0.172 e. The number of rotatable bonds is 6. The van der Waals surface area contributed by atoms with Crippen LogP contribution in [0.25, 0.3) is 11.0 Å². The number of para-hydroxylation sites is 2. The van der Waals surface area contributed by atoms with Crippen molar-refractivity contribution in [3.05, 3.63) is 65.3 Å². The van der Waals surface area contributed by atoms with Gasteiger partial charge in [-0.05, 0) is 24.1 Å². The lowest BCUT2D eigenvalue weighted by Gasteiger charge is -2.08. The van der Waals surface area contributed by atoms with Gasteiger partial charge in [0.2, 0.25) is 0 Å². The first-order valence-corrected chi connectivity index (χ1v) is 7.82. The molecule has 1 N–H and O–H groups in total. The van der Waals surface area contributed by atoms with Gasteiger partial charge in [0.1, 0.15) is 0 Å². The number of carbonyl (C=O) groups excluding carboxylic acids is 1. The molecule has 0 saturated heterocycles. The van der Waals surface area contributed by atoms with E-state index < -0.39 is 0 Å². The normalized spacial score (nSPS) is 10.7. The van der Waals surface area contributed by atoms with Crippen LogP contribution in [0.3, 0.4) is 0 Å². The number of nitrogens with one attached hydrogen (secondary N) is 1. The molecule has 0 fully saturated rings. The van der Waals surface area contributed by atoms with Crippen molar-refractivity contribution >= 4 is 34.2 Å². The zero-order valence-corrected chi connectivity index (χ0v) is 13.3. The molecule has 1 aromatic heterocycles. The topological polar surface area (TPSA) is 54.9 Å². The van der Waals surface area contributed by atoms with Crippen LogP contribution >= 0.6 is 11.6 Å². The monoisotopic (exact) mass is 325 g/mol. The number of aromatic nitrogens is 2. The number of carbonyl (C=O) groups is 1.